The van der Waals surface area contributed by atoms with E-state index in [1.807, 2.05) is 0 Å². The van der Waals surface area contributed by atoms with Crippen LogP contribution >= 0.6 is 34.2 Å². The maximum absolute atomic E-state index is 6.61. The average molecular weight is 385 g/mol. The fourth-order valence-corrected chi connectivity index (χ4v) is 3.44. The molecule has 0 heterocycles. The van der Waals surface area contributed by atoms with Crippen LogP contribution in [0.25, 0.3) is 0 Å². The van der Waals surface area contributed by atoms with Crippen molar-refractivity contribution in [2.24, 2.45) is 0 Å². The molecule has 19 heavy (non-hydrogen) atoms. The predicted molar refractivity (Wildman–Crippen MR) is 92.1 cm³/mol. The normalized spacial score (nSPS) is 12.5. The highest BCUT2D eigenvalue weighted by molar-refractivity contribution is 14.1. The fraction of sp³-hybridized carbons (Fsp3) is 0.294. The molecule has 1 unspecified atom stereocenters. The molecule has 0 spiro atoms. The summed E-state index contributed by atoms with van der Waals surface area (Å²) in [4.78, 5) is 0. The molecule has 2 aromatic rings. The summed E-state index contributed by atoms with van der Waals surface area (Å²) in [6.07, 6.45) is 0.877. The molecule has 2 rings (SSSR count). The molecule has 2 heteroatoms. The van der Waals surface area contributed by atoms with Crippen molar-refractivity contribution in [3.05, 3.63) is 67.8 Å². The molecule has 0 N–H and O–H groups in total. The van der Waals surface area contributed by atoms with E-state index in [4.69, 9.17) is 11.6 Å². The van der Waals surface area contributed by atoms with Gasteiger partial charge in [-0.25, -0.2) is 0 Å². The first-order valence-corrected chi connectivity index (χ1v) is 7.95. The molecule has 100 valence electrons. The second-order valence-electron chi connectivity index (χ2n) is 5.07. The molecule has 0 saturated heterocycles. The van der Waals surface area contributed by atoms with Crippen molar-refractivity contribution in [3.8, 4) is 0 Å². The maximum atomic E-state index is 6.61. The Morgan fingerprint density at radius 1 is 1.00 bits per heavy atom. The van der Waals surface area contributed by atoms with Crippen molar-refractivity contribution in [3.63, 3.8) is 0 Å². The molecule has 0 fully saturated rings. The van der Waals surface area contributed by atoms with Gasteiger partial charge in [-0.3, -0.25) is 0 Å². The minimum Gasteiger partial charge on any atom is -0.117 e. The number of rotatable bonds is 3. The zero-order valence-electron chi connectivity index (χ0n) is 11.5. The van der Waals surface area contributed by atoms with E-state index in [0.29, 0.717) is 0 Å². The van der Waals surface area contributed by atoms with Gasteiger partial charge >= 0.3 is 0 Å². The van der Waals surface area contributed by atoms with E-state index in [9.17, 15) is 0 Å². The standard InChI is InChI=1S/C17H18ClI/c1-11-7-8-14(9-13(11)3)10-16(18)15-6-4-5-12(2)17(15)19/h4-9,16H,10H2,1-3H3. The van der Waals surface area contributed by atoms with Crippen molar-refractivity contribution in [1.29, 1.82) is 0 Å². The zero-order chi connectivity index (χ0) is 14.0. The first-order valence-electron chi connectivity index (χ1n) is 6.44. The molecular formula is C17H18ClI. The van der Waals surface area contributed by atoms with Crippen LogP contribution in [0.15, 0.2) is 36.4 Å². The van der Waals surface area contributed by atoms with E-state index in [1.54, 1.807) is 0 Å². The molecule has 2 aromatic carbocycles. The van der Waals surface area contributed by atoms with E-state index < -0.39 is 0 Å². The molecule has 0 aliphatic carbocycles. The van der Waals surface area contributed by atoms with Crippen molar-refractivity contribution in [2.75, 3.05) is 0 Å². The predicted octanol–water partition coefficient (Wildman–Crippen LogP) is 5.74. The number of hydrogen-bond donors (Lipinski definition) is 0. The third-order valence-electron chi connectivity index (χ3n) is 3.55. The number of benzene rings is 2. The van der Waals surface area contributed by atoms with Crippen LogP contribution in [0.4, 0.5) is 0 Å². The minimum absolute atomic E-state index is 0.0360. The Bertz CT molecular complexity index is 590. The lowest BCUT2D eigenvalue weighted by Crippen LogP contribution is -2.00. The first kappa shape index (κ1) is 14.9. The summed E-state index contributed by atoms with van der Waals surface area (Å²) in [5.41, 5.74) is 6.50. The monoisotopic (exact) mass is 384 g/mol. The summed E-state index contributed by atoms with van der Waals surface area (Å²) in [7, 11) is 0. The highest BCUT2D eigenvalue weighted by atomic mass is 127. The molecule has 0 radical (unpaired) electrons. The summed E-state index contributed by atoms with van der Waals surface area (Å²) in [5.74, 6) is 0. The molecular weight excluding hydrogens is 367 g/mol. The summed E-state index contributed by atoms with van der Waals surface area (Å²) in [6.45, 7) is 6.42. The Labute approximate surface area is 134 Å². The highest BCUT2D eigenvalue weighted by Gasteiger charge is 2.13. The number of alkyl halides is 1. The van der Waals surface area contributed by atoms with Crippen molar-refractivity contribution in [2.45, 2.75) is 32.6 Å². The largest absolute Gasteiger partial charge is 0.117 e. The van der Waals surface area contributed by atoms with Gasteiger partial charge in [-0.2, -0.15) is 0 Å². The number of halogens is 2. The first-order chi connectivity index (χ1) is 8.99. The van der Waals surface area contributed by atoms with Crippen LogP contribution < -0.4 is 0 Å². The maximum Gasteiger partial charge on any atom is 0.0636 e. The lowest BCUT2D eigenvalue weighted by atomic mass is 9.99. The quantitative estimate of drug-likeness (QED) is 0.467. The third-order valence-corrected chi connectivity index (χ3v) is 5.41. The van der Waals surface area contributed by atoms with Crippen molar-refractivity contribution >= 4 is 34.2 Å². The van der Waals surface area contributed by atoms with Crippen LogP contribution in [0.5, 0.6) is 0 Å². The molecule has 0 aliphatic heterocycles. The van der Waals surface area contributed by atoms with Gasteiger partial charge in [-0.15, -0.1) is 11.6 Å². The molecule has 0 amide bonds. The molecule has 0 nitrogen and oxygen atoms in total. The summed E-state index contributed by atoms with van der Waals surface area (Å²) >= 11 is 9.00. The summed E-state index contributed by atoms with van der Waals surface area (Å²) < 4.78 is 1.28. The third kappa shape index (κ3) is 3.51. The lowest BCUT2D eigenvalue weighted by Gasteiger charge is -2.14. The SMILES string of the molecule is Cc1ccc(CC(Cl)c2cccc(C)c2I)cc1C. The van der Waals surface area contributed by atoms with Crippen molar-refractivity contribution < 1.29 is 0 Å². The Balaban J connectivity index is 2.23. The van der Waals surface area contributed by atoms with E-state index in [1.165, 1.54) is 31.4 Å². The van der Waals surface area contributed by atoms with E-state index in [2.05, 4.69) is 79.8 Å². The van der Waals surface area contributed by atoms with Crippen LogP contribution in [-0.2, 0) is 6.42 Å². The van der Waals surface area contributed by atoms with E-state index in [0.717, 1.165) is 6.42 Å². The van der Waals surface area contributed by atoms with Crippen LogP contribution in [0.3, 0.4) is 0 Å². The van der Waals surface area contributed by atoms with Gasteiger partial charge < -0.3 is 0 Å². The van der Waals surface area contributed by atoms with Gasteiger partial charge in [0, 0.05) is 3.57 Å². The second-order valence-corrected chi connectivity index (χ2v) is 6.67. The topological polar surface area (TPSA) is 0 Å². The molecule has 0 bridgehead atoms. The van der Waals surface area contributed by atoms with Gasteiger partial charge in [-0.1, -0.05) is 36.4 Å². The second kappa shape index (κ2) is 6.27. The summed E-state index contributed by atoms with van der Waals surface area (Å²) in [6, 6.07) is 12.9. The molecule has 0 saturated carbocycles. The molecule has 1 atom stereocenters. The van der Waals surface area contributed by atoms with Gasteiger partial charge in [0.15, 0.2) is 0 Å². The van der Waals surface area contributed by atoms with Gasteiger partial charge in [0.2, 0.25) is 0 Å². The molecule has 0 aliphatic rings. The van der Waals surface area contributed by atoms with Gasteiger partial charge in [-0.05, 0) is 77.6 Å². The van der Waals surface area contributed by atoms with Gasteiger partial charge in [0.1, 0.15) is 0 Å². The van der Waals surface area contributed by atoms with E-state index >= 15 is 0 Å². The number of hydrogen-bond acceptors (Lipinski definition) is 0. The van der Waals surface area contributed by atoms with Crippen LogP contribution in [0, 0.1) is 24.3 Å². The van der Waals surface area contributed by atoms with Crippen LogP contribution in [-0.4, -0.2) is 0 Å². The smallest absolute Gasteiger partial charge is 0.0636 e. The average Bonchev–Trinajstić information content (AvgIpc) is 2.37. The van der Waals surface area contributed by atoms with Gasteiger partial charge in [0.25, 0.3) is 0 Å². The Hall–Kier alpha value is -0.540. The fourth-order valence-electron chi connectivity index (χ4n) is 2.16. The molecule has 0 aromatic heterocycles. The minimum atomic E-state index is 0.0360. The summed E-state index contributed by atoms with van der Waals surface area (Å²) in [5, 5.41) is 0.0360. The lowest BCUT2D eigenvalue weighted by molar-refractivity contribution is 0.909. The van der Waals surface area contributed by atoms with E-state index in [-0.39, 0.29) is 5.38 Å². The highest BCUT2D eigenvalue weighted by Crippen LogP contribution is 2.30. The van der Waals surface area contributed by atoms with Gasteiger partial charge in [0.05, 0.1) is 5.38 Å². The Morgan fingerprint density at radius 3 is 2.42 bits per heavy atom. The number of aryl methyl sites for hydroxylation is 3. The Kier molecular flexibility index (Phi) is 4.91. The zero-order valence-corrected chi connectivity index (χ0v) is 14.4. The van der Waals surface area contributed by atoms with Crippen LogP contribution in [0.1, 0.15) is 33.2 Å². The Morgan fingerprint density at radius 2 is 1.74 bits per heavy atom. The van der Waals surface area contributed by atoms with Crippen LogP contribution in [0.2, 0.25) is 0 Å². The van der Waals surface area contributed by atoms with Crippen molar-refractivity contribution in [1.82, 2.24) is 0 Å².